The molecule has 1 heterocycles. The number of nitrogens with zero attached hydrogens (tertiary/aromatic N) is 1. The largest absolute Gasteiger partial charge is 0.481 e. The maximum absolute atomic E-state index is 12.4. The van der Waals surface area contributed by atoms with E-state index in [0.29, 0.717) is 12.5 Å². The summed E-state index contributed by atoms with van der Waals surface area (Å²) in [7, 11) is 0. The van der Waals surface area contributed by atoms with E-state index in [1.165, 1.54) is 0 Å². The zero-order valence-electron chi connectivity index (χ0n) is 11.6. The summed E-state index contributed by atoms with van der Waals surface area (Å²) >= 11 is 1.56. The summed E-state index contributed by atoms with van der Waals surface area (Å²) in [6.07, 6.45) is -0.00434. The number of amides is 1. The average Bonchev–Trinajstić information content (AvgIpc) is 2.85. The maximum Gasteiger partial charge on any atom is 0.305 e. The third-order valence-electron chi connectivity index (χ3n) is 2.83. The minimum Gasteiger partial charge on any atom is -0.481 e. The highest BCUT2D eigenvalue weighted by atomic mass is 32.1. The van der Waals surface area contributed by atoms with E-state index >= 15 is 0 Å². The Kier molecular flexibility index (Phi) is 6.02. The molecule has 0 radical (unpaired) electrons. The Hall–Kier alpha value is -1.36. The summed E-state index contributed by atoms with van der Waals surface area (Å²) in [4.78, 5) is 25.8. The van der Waals surface area contributed by atoms with Crippen molar-refractivity contribution in [2.75, 3.05) is 13.1 Å². The van der Waals surface area contributed by atoms with Crippen LogP contribution in [0.1, 0.15) is 38.0 Å². The highest BCUT2D eigenvalue weighted by molar-refractivity contribution is 7.10. The van der Waals surface area contributed by atoms with Crippen molar-refractivity contribution in [3.63, 3.8) is 0 Å². The number of thiophene rings is 1. The molecule has 1 aromatic rings. The highest BCUT2D eigenvalue weighted by Crippen LogP contribution is 2.23. The van der Waals surface area contributed by atoms with Gasteiger partial charge in [0.2, 0.25) is 5.91 Å². The zero-order chi connectivity index (χ0) is 14.4. The van der Waals surface area contributed by atoms with Crippen molar-refractivity contribution in [2.45, 2.75) is 33.1 Å². The topological polar surface area (TPSA) is 57.6 Å². The van der Waals surface area contributed by atoms with Crippen LogP contribution in [0.15, 0.2) is 17.5 Å². The van der Waals surface area contributed by atoms with Gasteiger partial charge in [-0.3, -0.25) is 9.59 Å². The van der Waals surface area contributed by atoms with Gasteiger partial charge in [0, 0.05) is 18.0 Å². The van der Waals surface area contributed by atoms with E-state index < -0.39 is 5.97 Å². The number of carboxylic acid groups (broad SMARTS) is 1. The van der Waals surface area contributed by atoms with Crippen LogP contribution in [0.25, 0.3) is 0 Å². The second-order valence-electron chi connectivity index (χ2n) is 5.06. The quantitative estimate of drug-likeness (QED) is 0.837. The van der Waals surface area contributed by atoms with Gasteiger partial charge in [0.1, 0.15) is 0 Å². The van der Waals surface area contributed by atoms with Gasteiger partial charge in [-0.15, -0.1) is 11.3 Å². The van der Waals surface area contributed by atoms with E-state index in [1.54, 1.807) is 16.2 Å². The van der Waals surface area contributed by atoms with Crippen LogP contribution in [0, 0.1) is 5.92 Å². The number of hydrogen-bond acceptors (Lipinski definition) is 3. The summed E-state index contributed by atoms with van der Waals surface area (Å²) in [5.41, 5.74) is 0. The lowest BCUT2D eigenvalue weighted by molar-refractivity contribution is -0.139. The summed E-state index contributed by atoms with van der Waals surface area (Å²) in [5.74, 6) is -0.733. The minimum absolute atomic E-state index is 0.00434. The second-order valence-corrected chi connectivity index (χ2v) is 6.04. The van der Waals surface area contributed by atoms with Gasteiger partial charge in [0.15, 0.2) is 0 Å². The van der Waals surface area contributed by atoms with Crippen LogP contribution in [0.5, 0.6) is 0 Å². The number of carbonyl (C=O) groups is 2. The molecular weight excluding hydrogens is 262 g/mol. The monoisotopic (exact) mass is 283 g/mol. The highest BCUT2D eigenvalue weighted by Gasteiger charge is 2.23. The number of hydrogen-bond donors (Lipinski definition) is 1. The van der Waals surface area contributed by atoms with Gasteiger partial charge in [-0.25, -0.2) is 0 Å². The molecule has 0 aliphatic carbocycles. The van der Waals surface area contributed by atoms with Crippen LogP contribution in [0.3, 0.4) is 0 Å². The van der Waals surface area contributed by atoms with Gasteiger partial charge in [-0.1, -0.05) is 19.9 Å². The van der Waals surface area contributed by atoms with Gasteiger partial charge in [0.25, 0.3) is 0 Å². The summed E-state index contributed by atoms with van der Waals surface area (Å²) < 4.78 is 0. The maximum atomic E-state index is 12.4. The van der Waals surface area contributed by atoms with Crippen LogP contribution in [-0.4, -0.2) is 35.0 Å². The van der Waals surface area contributed by atoms with Crippen molar-refractivity contribution < 1.29 is 14.7 Å². The van der Waals surface area contributed by atoms with Gasteiger partial charge >= 0.3 is 5.97 Å². The SMILES string of the molecule is CC(C)CN(CCC(=O)O)C(=O)C(C)c1cccs1. The predicted molar refractivity (Wildman–Crippen MR) is 76.4 cm³/mol. The molecule has 0 bridgehead atoms. The molecular formula is C14H21NO3S. The Morgan fingerprint density at radius 3 is 2.53 bits per heavy atom. The van der Waals surface area contributed by atoms with Crippen LogP contribution in [0.2, 0.25) is 0 Å². The van der Waals surface area contributed by atoms with E-state index in [2.05, 4.69) is 0 Å². The fourth-order valence-electron chi connectivity index (χ4n) is 1.90. The zero-order valence-corrected chi connectivity index (χ0v) is 12.4. The van der Waals surface area contributed by atoms with Crippen LogP contribution >= 0.6 is 11.3 Å². The first-order valence-electron chi connectivity index (χ1n) is 6.45. The molecule has 1 unspecified atom stereocenters. The Balaban J connectivity index is 2.72. The smallest absolute Gasteiger partial charge is 0.305 e. The minimum atomic E-state index is -0.870. The fourth-order valence-corrected chi connectivity index (χ4v) is 2.67. The molecule has 1 N–H and O–H groups in total. The second kappa shape index (κ2) is 7.28. The fraction of sp³-hybridized carbons (Fsp3) is 0.571. The Morgan fingerprint density at radius 1 is 1.37 bits per heavy atom. The molecule has 5 heteroatoms. The van der Waals surface area contributed by atoms with Crippen molar-refractivity contribution in [2.24, 2.45) is 5.92 Å². The van der Waals surface area contributed by atoms with Crippen molar-refractivity contribution in [1.82, 2.24) is 4.90 Å². The molecule has 0 aromatic carbocycles. The summed E-state index contributed by atoms with van der Waals surface area (Å²) in [5, 5.41) is 10.7. The number of carbonyl (C=O) groups excluding carboxylic acids is 1. The number of aliphatic carboxylic acids is 1. The van der Waals surface area contributed by atoms with Crippen molar-refractivity contribution in [1.29, 1.82) is 0 Å². The third-order valence-corrected chi connectivity index (χ3v) is 3.89. The van der Waals surface area contributed by atoms with Gasteiger partial charge in [-0.2, -0.15) is 0 Å². The molecule has 0 spiro atoms. The van der Waals surface area contributed by atoms with Gasteiger partial charge < -0.3 is 10.0 Å². The molecule has 0 fully saturated rings. The molecule has 1 amide bonds. The third kappa shape index (κ3) is 5.03. The van der Waals surface area contributed by atoms with E-state index in [9.17, 15) is 9.59 Å². The molecule has 0 aliphatic rings. The Bertz CT molecular complexity index is 414. The Morgan fingerprint density at radius 2 is 2.05 bits per heavy atom. The van der Waals surface area contributed by atoms with Crippen LogP contribution in [-0.2, 0) is 9.59 Å². The molecule has 0 aliphatic heterocycles. The lowest BCUT2D eigenvalue weighted by atomic mass is 10.1. The lowest BCUT2D eigenvalue weighted by Gasteiger charge is -2.26. The van der Waals surface area contributed by atoms with Crippen LogP contribution in [0.4, 0.5) is 0 Å². The number of rotatable bonds is 7. The van der Waals surface area contributed by atoms with E-state index in [-0.39, 0.29) is 24.8 Å². The molecule has 106 valence electrons. The van der Waals surface area contributed by atoms with Crippen molar-refractivity contribution >= 4 is 23.2 Å². The van der Waals surface area contributed by atoms with Gasteiger partial charge in [-0.05, 0) is 24.3 Å². The molecule has 1 atom stereocenters. The first kappa shape index (κ1) is 15.7. The summed E-state index contributed by atoms with van der Waals surface area (Å²) in [6.45, 7) is 6.81. The van der Waals surface area contributed by atoms with Crippen molar-refractivity contribution in [3.8, 4) is 0 Å². The predicted octanol–water partition coefficient (Wildman–Crippen LogP) is 2.81. The molecule has 0 saturated heterocycles. The van der Waals surface area contributed by atoms with E-state index in [0.717, 1.165) is 4.88 Å². The molecule has 19 heavy (non-hydrogen) atoms. The Labute approximate surface area is 118 Å². The van der Waals surface area contributed by atoms with E-state index in [1.807, 2.05) is 38.3 Å². The first-order chi connectivity index (χ1) is 8.91. The van der Waals surface area contributed by atoms with Crippen molar-refractivity contribution in [3.05, 3.63) is 22.4 Å². The molecule has 0 saturated carbocycles. The molecule has 1 aromatic heterocycles. The lowest BCUT2D eigenvalue weighted by Crippen LogP contribution is -2.38. The van der Waals surface area contributed by atoms with Gasteiger partial charge in [0.05, 0.1) is 12.3 Å². The van der Waals surface area contributed by atoms with Crippen LogP contribution < -0.4 is 0 Å². The van der Waals surface area contributed by atoms with E-state index in [4.69, 9.17) is 5.11 Å². The summed E-state index contributed by atoms with van der Waals surface area (Å²) in [6, 6.07) is 3.87. The number of carboxylic acids is 1. The average molecular weight is 283 g/mol. The first-order valence-corrected chi connectivity index (χ1v) is 7.33. The molecule has 4 nitrogen and oxygen atoms in total. The normalized spacial score (nSPS) is 12.4. The molecule has 1 rings (SSSR count). The standard InChI is InChI=1S/C14H21NO3S/c1-10(2)9-15(7-6-13(16)17)14(18)11(3)12-5-4-8-19-12/h4-5,8,10-11H,6-7,9H2,1-3H3,(H,16,17).